The second-order valence-electron chi connectivity index (χ2n) is 4.52. The number of nitrogens with one attached hydrogen (secondary N) is 2. The summed E-state index contributed by atoms with van der Waals surface area (Å²) in [7, 11) is -1.19. The largest absolute Gasteiger partial charge is 0.372 e. The van der Waals surface area contributed by atoms with Gasteiger partial charge in [0.1, 0.15) is 11.5 Å². The molecule has 0 aliphatic carbocycles. The lowest BCUT2D eigenvalue weighted by molar-refractivity contribution is 0.0943. The van der Waals surface area contributed by atoms with E-state index in [9.17, 15) is 13.2 Å². The molecule has 2 N–H and O–H groups in total. The molecule has 1 atom stereocenters. The summed E-state index contributed by atoms with van der Waals surface area (Å²) in [4.78, 5) is 19.7. The first-order valence-electron chi connectivity index (χ1n) is 5.98. The third-order valence-corrected chi connectivity index (χ3v) is 4.86. The zero-order valence-electron chi connectivity index (χ0n) is 10.6. The Balaban J connectivity index is 1.87. The number of anilines is 1. The number of carbonyl (C=O) groups is 1. The number of carbonyl (C=O) groups excluding carboxylic acids is 1. The van der Waals surface area contributed by atoms with E-state index in [4.69, 9.17) is 0 Å². The highest BCUT2D eigenvalue weighted by atomic mass is 32.2. The summed E-state index contributed by atoms with van der Waals surface area (Å²) in [5.74, 6) is 0.610. The lowest BCUT2D eigenvalue weighted by Crippen LogP contribution is -2.30. The highest BCUT2D eigenvalue weighted by Gasteiger charge is 2.28. The van der Waals surface area contributed by atoms with Crippen LogP contribution in [0.15, 0.2) is 12.4 Å². The molecular weight excluding hydrogens is 268 g/mol. The summed E-state index contributed by atoms with van der Waals surface area (Å²) >= 11 is 0. The lowest BCUT2D eigenvalue weighted by atomic mass is 10.1. The summed E-state index contributed by atoms with van der Waals surface area (Å²) < 4.78 is 22.6. The maximum absolute atomic E-state index is 11.8. The van der Waals surface area contributed by atoms with Crippen LogP contribution in [0.4, 0.5) is 5.82 Å². The molecule has 1 aliphatic rings. The number of nitrogens with zero attached hydrogens (tertiary/aromatic N) is 2. The summed E-state index contributed by atoms with van der Waals surface area (Å²) in [6, 6.07) is 0. The molecule has 104 valence electrons. The molecule has 1 saturated heterocycles. The molecule has 1 aliphatic heterocycles. The van der Waals surface area contributed by atoms with Crippen LogP contribution in [0.3, 0.4) is 0 Å². The molecule has 1 aromatic rings. The van der Waals surface area contributed by atoms with E-state index in [0.717, 1.165) is 0 Å². The summed E-state index contributed by atoms with van der Waals surface area (Å²) in [5.41, 5.74) is 0.222. The topological polar surface area (TPSA) is 101 Å². The van der Waals surface area contributed by atoms with Crippen molar-refractivity contribution >= 4 is 21.6 Å². The molecule has 0 aromatic carbocycles. The molecule has 1 aromatic heterocycles. The molecule has 1 fully saturated rings. The molecule has 19 heavy (non-hydrogen) atoms. The first-order valence-corrected chi connectivity index (χ1v) is 7.81. The van der Waals surface area contributed by atoms with Crippen LogP contribution in [-0.4, -0.2) is 49.4 Å². The van der Waals surface area contributed by atoms with Crippen LogP contribution >= 0.6 is 0 Å². The highest BCUT2D eigenvalue weighted by molar-refractivity contribution is 7.91. The second-order valence-corrected chi connectivity index (χ2v) is 6.74. The second kappa shape index (κ2) is 5.52. The van der Waals surface area contributed by atoms with E-state index in [0.29, 0.717) is 18.8 Å². The number of sulfone groups is 1. The van der Waals surface area contributed by atoms with Gasteiger partial charge in [-0.25, -0.2) is 18.4 Å². The van der Waals surface area contributed by atoms with Crippen LogP contribution in [0.1, 0.15) is 16.9 Å². The first kappa shape index (κ1) is 13.7. The fraction of sp³-hybridized carbons (Fsp3) is 0.545. The van der Waals surface area contributed by atoms with Crippen molar-refractivity contribution in [1.29, 1.82) is 0 Å². The van der Waals surface area contributed by atoms with Crippen molar-refractivity contribution in [3.8, 4) is 0 Å². The Morgan fingerprint density at radius 3 is 2.74 bits per heavy atom. The Hall–Kier alpha value is -1.70. The van der Waals surface area contributed by atoms with Gasteiger partial charge in [-0.05, 0) is 12.3 Å². The van der Waals surface area contributed by atoms with Gasteiger partial charge in [-0.15, -0.1) is 0 Å². The fourth-order valence-corrected chi connectivity index (χ4v) is 3.80. The normalized spacial score (nSPS) is 21.0. The summed E-state index contributed by atoms with van der Waals surface area (Å²) in [6.45, 7) is 0.355. The SMILES string of the molecule is CNc1cnc(C(=O)NCC2CCS(=O)(=O)C2)cn1. The van der Waals surface area contributed by atoms with E-state index in [1.54, 1.807) is 7.05 Å². The van der Waals surface area contributed by atoms with Crippen molar-refractivity contribution < 1.29 is 13.2 Å². The van der Waals surface area contributed by atoms with E-state index >= 15 is 0 Å². The molecular formula is C11H16N4O3S. The monoisotopic (exact) mass is 284 g/mol. The molecule has 7 nitrogen and oxygen atoms in total. The van der Waals surface area contributed by atoms with Gasteiger partial charge in [0, 0.05) is 13.6 Å². The van der Waals surface area contributed by atoms with E-state index in [1.165, 1.54) is 12.4 Å². The first-order chi connectivity index (χ1) is 9.00. The van der Waals surface area contributed by atoms with Crippen molar-refractivity contribution in [3.05, 3.63) is 18.1 Å². The zero-order valence-corrected chi connectivity index (χ0v) is 11.4. The molecule has 1 unspecified atom stereocenters. The molecule has 1 amide bonds. The van der Waals surface area contributed by atoms with Gasteiger partial charge < -0.3 is 10.6 Å². The molecule has 2 rings (SSSR count). The van der Waals surface area contributed by atoms with Gasteiger partial charge in [-0.2, -0.15) is 0 Å². The minimum absolute atomic E-state index is 0.00140. The van der Waals surface area contributed by atoms with E-state index in [-0.39, 0.29) is 29.0 Å². The predicted octanol–water partition coefficient (Wildman–Crippen LogP) is -0.317. The van der Waals surface area contributed by atoms with Gasteiger partial charge in [-0.3, -0.25) is 4.79 Å². The summed E-state index contributed by atoms with van der Waals surface area (Å²) in [6.07, 6.45) is 3.45. The van der Waals surface area contributed by atoms with E-state index < -0.39 is 9.84 Å². The zero-order chi connectivity index (χ0) is 13.9. The fourth-order valence-electron chi connectivity index (χ4n) is 1.93. The molecule has 2 heterocycles. The average molecular weight is 284 g/mol. The molecule has 0 bridgehead atoms. The third-order valence-electron chi connectivity index (χ3n) is 3.02. The number of hydrogen-bond donors (Lipinski definition) is 2. The maximum atomic E-state index is 11.8. The highest BCUT2D eigenvalue weighted by Crippen LogP contribution is 2.17. The van der Waals surface area contributed by atoms with Gasteiger partial charge in [0.2, 0.25) is 0 Å². The summed E-state index contributed by atoms with van der Waals surface area (Å²) in [5, 5.41) is 5.50. The Morgan fingerprint density at radius 2 is 2.21 bits per heavy atom. The van der Waals surface area contributed by atoms with Crippen LogP contribution in [0.2, 0.25) is 0 Å². The van der Waals surface area contributed by atoms with Gasteiger partial charge >= 0.3 is 0 Å². The lowest BCUT2D eigenvalue weighted by Gasteiger charge is -2.09. The molecule has 0 saturated carbocycles. The molecule has 0 radical (unpaired) electrons. The van der Waals surface area contributed by atoms with E-state index in [1.807, 2.05) is 0 Å². The molecule has 0 spiro atoms. The maximum Gasteiger partial charge on any atom is 0.271 e. The van der Waals surface area contributed by atoms with Crippen molar-refractivity contribution in [1.82, 2.24) is 15.3 Å². The number of amides is 1. The smallest absolute Gasteiger partial charge is 0.271 e. The minimum Gasteiger partial charge on any atom is -0.372 e. The average Bonchev–Trinajstić information content (AvgIpc) is 2.76. The minimum atomic E-state index is -2.90. The van der Waals surface area contributed by atoms with Crippen LogP contribution in [0.5, 0.6) is 0 Å². The Labute approximate surface area is 111 Å². The number of aromatic nitrogens is 2. The van der Waals surface area contributed by atoms with Gasteiger partial charge in [-0.1, -0.05) is 0 Å². The van der Waals surface area contributed by atoms with E-state index in [2.05, 4.69) is 20.6 Å². The van der Waals surface area contributed by atoms with Crippen LogP contribution in [-0.2, 0) is 9.84 Å². The molecule has 8 heteroatoms. The predicted molar refractivity (Wildman–Crippen MR) is 70.7 cm³/mol. The number of hydrogen-bond acceptors (Lipinski definition) is 6. The van der Waals surface area contributed by atoms with Crippen LogP contribution < -0.4 is 10.6 Å². The third kappa shape index (κ3) is 3.63. The van der Waals surface area contributed by atoms with Gasteiger partial charge in [0.25, 0.3) is 5.91 Å². The van der Waals surface area contributed by atoms with Crippen molar-refractivity contribution in [2.75, 3.05) is 30.4 Å². The Kier molecular flexibility index (Phi) is 3.98. The van der Waals surface area contributed by atoms with Crippen LogP contribution in [0.25, 0.3) is 0 Å². The van der Waals surface area contributed by atoms with Crippen molar-refractivity contribution in [3.63, 3.8) is 0 Å². The van der Waals surface area contributed by atoms with Gasteiger partial charge in [0.05, 0.1) is 23.9 Å². The Bertz CT molecular complexity index is 556. The standard InChI is InChI=1S/C11H16N4O3S/c1-12-10-6-13-9(5-14-10)11(16)15-4-8-2-3-19(17,18)7-8/h5-6,8H,2-4,7H2,1H3,(H,12,14)(H,15,16). The van der Waals surface area contributed by atoms with Gasteiger partial charge in [0.15, 0.2) is 9.84 Å². The number of rotatable bonds is 4. The van der Waals surface area contributed by atoms with Crippen molar-refractivity contribution in [2.45, 2.75) is 6.42 Å². The van der Waals surface area contributed by atoms with Crippen LogP contribution in [0, 0.1) is 5.92 Å². The Morgan fingerprint density at radius 1 is 1.42 bits per heavy atom. The quantitative estimate of drug-likeness (QED) is 0.786. The van der Waals surface area contributed by atoms with Crippen molar-refractivity contribution in [2.24, 2.45) is 5.92 Å².